The largest absolute Gasteiger partial charge is 0.491 e. The third-order valence-electron chi connectivity index (χ3n) is 6.55. The van der Waals surface area contributed by atoms with Crippen molar-refractivity contribution in [2.45, 2.75) is 25.8 Å². The summed E-state index contributed by atoms with van der Waals surface area (Å²) in [5.74, 6) is 0.284. The van der Waals surface area contributed by atoms with E-state index in [9.17, 15) is 18.4 Å². The van der Waals surface area contributed by atoms with Crippen LogP contribution in [-0.2, 0) is 11.3 Å². The molecular weight excluding hydrogens is 474 g/mol. The van der Waals surface area contributed by atoms with Crippen LogP contribution in [0.4, 0.5) is 24.3 Å². The van der Waals surface area contributed by atoms with Gasteiger partial charge in [0.15, 0.2) is 5.65 Å². The van der Waals surface area contributed by atoms with E-state index in [0.717, 1.165) is 16.7 Å². The zero-order valence-electron chi connectivity index (χ0n) is 19.7. The number of hydrogen-bond acceptors (Lipinski definition) is 6. The van der Waals surface area contributed by atoms with E-state index in [1.807, 2.05) is 24.3 Å². The highest BCUT2D eigenvalue weighted by molar-refractivity contribution is 5.86. The highest BCUT2D eigenvalue weighted by atomic mass is 19.3. The maximum absolute atomic E-state index is 13.1. The number of pyridine rings is 1. The number of nitrogens with zero attached hydrogens (tertiary/aromatic N) is 4. The normalized spacial score (nSPS) is 16.4. The van der Waals surface area contributed by atoms with E-state index in [-0.39, 0.29) is 12.0 Å². The second-order valence-electron chi connectivity index (χ2n) is 8.83. The Morgan fingerprint density at radius 1 is 1.17 bits per heavy atom. The van der Waals surface area contributed by atoms with Crippen molar-refractivity contribution in [1.29, 1.82) is 0 Å². The number of ether oxygens (including phenoxy) is 2. The number of anilines is 1. The van der Waals surface area contributed by atoms with Crippen LogP contribution in [0.3, 0.4) is 0 Å². The van der Waals surface area contributed by atoms with Crippen molar-refractivity contribution < 1.29 is 27.8 Å². The Balaban J connectivity index is 1.33. The van der Waals surface area contributed by atoms with Gasteiger partial charge in [0, 0.05) is 36.3 Å². The van der Waals surface area contributed by atoms with Crippen LogP contribution < -0.4 is 10.1 Å². The molecule has 36 heavy (non-hydrogen) atoms. The standard InChI is InChI=1S/C24H26F2N6O4/c1-35-23(33)30-22-28-18-11-16(12-27-21(18)29-22)15-2-3-19-17(10-15)13-32(8-9-36-19)24(34)31-6-4-14(5-7-31)20(25)26/h2-3,10-12,14,20H,4-9,13H2,1H3,(H2,27,28,29,30,33). The van der Waals surface area contributed by atoms with Crippen LogP contribution in [0.25, 0.3) is 22.3 Å². The maximum atomic E-state index is 13.1. The van der Waals surface area contributed by atoms with Crippen LogP contribution >= 0.6 is 0 Å². The zero-order chi connectivity index (χ0) is 25.2. The van der Waals surface area contributed by atoms with Gasteiger partial charge in [0.2, 0.25) is 12.4 Å². The van der Waals surface area contributed by atoms with Gasteiger partial charge >= 0.3 is 12.1 Å². The van der Waals surface area contributed by atoms with Crippen LogP contribution in [0.5, 0.6) is 5.75 Å². The maximum Gasteiger partial charge on any atom is 0.413 e. The number of imidazole rings is 1. The fraction of sp³-hybridized carbons (Fsp3) is 0.417. The minimum atomic E-state index is -2.34. The molecule has 12 heteroatoms. The molecule has 2 aliphatic rings. The van der Waals surface area contributed by atoms with Gasteiger partial charge in [-0.15, -0.1) is 0 Å². The fourth-order valence-corrected chi connectivity index (χ4v) is 4.54. The molecule has 0 unspecified atom stereocenters. The van der Waals surface area contributed by atoms with Crippen molar-refractivity contribution in [2.24, 2.45) is 5.92 Å². The second-order valence-corrected chi connectivity index (χ2v) is 8.83. The lowest BCUT2D eigenvalue weighted by atomic mass is 9.97. The smallest absolute Gasteiger partial charge is 0.413 e. The molecular formula is C24H26F2N6O4. The van der Waals surface area contributed by atoms with Crippen molar-refractivity contribution in [2.75, 3.05) is 38.7 Å². The second kappa shape index (κ2) is 9.96. The van der Waals surface area contributed by atoms with Gasteiger partial charge in [-0.25, -0.2) is 23.4 Å². The molecule has 0 saturated carbocycles. The molecule has 3 aromatic rings. The van der Waals surface area contributed by atoms with Gasteiger partial charge in [-0.3, -0.25) is 5.32 Å². The molecule has 190 valence electrons. The number of rotatable bonds is 3. The number of likely N-dealkylation sites (tertiary alicyclic amines) is 1. The zero-order valence-corrected chi connectivity index (χ0v) is 19.7. The van der Waals surface area contributed by atoms with Crippen LogP contribution in [0.1, 0.15) is 18.4 Å². The average molecular weight is 501 g/mol. The van der Waals surface area contributed by atoms with E-state index in [2.05, 4.69) is 25.0 Å². The lowest BCUT2D eigenvalue weighted by Crippen LogP contribution is -2.47. The van der Waals surface area contributed by atoms with Gasteiger partial charge in [-0.05, 0) is 36.6 Å². The average Bonchev–Trinajstić information content (AvgIpc) is 3.16. The Morgan fingerprint density at radius 3 is 2.72 bits per heavy atom. The van der Waals surface area contributed by atoms with Crippen LogP contribution in [-0.4, -0.2) is 76.7 Å². The quantitative estimate of drug-likeness (QED) is 0.560. The van der Waals surface area contributed by atoms with E-state index in [1.165, 1.54) is 7.11 Å². The van der Waals surface area contributed by atoms with E-state index >= 15 is 0 Å². The van der Waals surface area contributed by atoms with Gasteiger partial charge in [0.05, 0.1) is 25.7 Å². The molecule has 2 aromatic heterocycles. The molecule has 0 aliphatic carbocycles. The van der Waals surface area contributed by atoms with Crippen molar-refractivity contribution in [3.8, 4) is 16.9 Å². The van der Waals surface area contributed by atoms with E-state index < -0.39 is 18.4 Å². The number of fused-ring (bicyclic) bond motifs is 2. The number of urea groups is 1. The number of carbonyl (C=O) groups excluding carboxylic acids is 2. The number of methoxy groups -OCH3 is 1. The fourth-order valence-electron chi connectivity index (χ4n) is 4.54. The van der Waals surface area contributed by atoms with Gasteiger partial charge in [0.25, 0.3) is 0 Å². The molecule has 1 aromatic carbocycles. The Hall–Kier alpha value is -3.96. The molecule has 0 spiro atoms. The van der Waals surface area contributed by atoms with E-state index in [0.29, 0.717) is 62.5 Å². The number of H-pyrrole nitrogens is 1. The Labute approximate surface area is 205 Å². The van der Waals surface area contributed by atoms with Gasteiger partial charge < -0.3 is 24.3 Å². The molecule has 1 saturated heterocycles. The summed E-state index contributed by atoms with van der Waals surface area (Å²) < 4.78 is 36.4. The van der Waals surface area contributed by atoms with Crippen molar-refractivity contribution >= 4 is 29.2 Å². The topological polar surface area (TPSA) is 113 Å². The summed E-state index contributed by atoms with van der Waals surface area (Å²) in [5.41, 5.74) is 3.61. The number of halogens is 2. The number of alkyl halides is 2. The van der Waals surface area contributed by atoms with Crippen molar-refractivity contribution in [1.82, 2.24) is 24.8 Å². The first-order valence-electron chi connectivity index (χ1n) is 11.7. The molecule has 2 N–H and O–H groups in total. The van der Waals surface area contributed by atoms with Crippen LogP contribution in [0.15, 0.2) is 30.5 Å². The molecule has 5 rings (SSSR count). The minimum Gasteiger partial charge on any atom is -0.491 e. The summed E-state index contributed by atoms with van der Waals surface area (Å²) >= 11 is 0. The number of hydrogen-bond donors (Lipinski definition) is 2. The molecule has 1 fully saturated rings. The molecule has 4 heterocycles. The minimum absolute atomic E-state index is 0.157. The SMILES string of the molecule is COC(=O)Nc1nc2ncc(-c3ccc4c(c3)CN(C(=O)N3CCC(C(F)F)CC3)CCO4)cc2[nH]1. The summed E-state index contributed by atoms with van der Waals surface area (Å²) in [6, 6.07) is 7.45. The first kappa shape index (κ1) is 23.8. The first-order chi connectivity index (χ1) is 17.4. The summed E-state index contributed by atoms with van der Waals surface area (Å²) in [4.78, 5) is 39.5. The number of nitrogens with one attached hydrogen (secondary N) is 2. The summed E-state index contributed by atoms with van der Waals surface area (Å²) in [7, 11) is 1.26. The van der Waals surface area contributed by atoms with Crippen molar-refractivity contribution in [3.63, 3.8) is 0 Å². The summed E-state index contributed by atoms with van der Waals surface area (Å²) in [5, 5.41) is 2.48. The van der Waals surface area contributed by atoms with Gasteiger partial charge in [-0.2, -0.15) is 4.98 Å². The number of carbonyl (C=O) groups is 2. The number of benzene rings is 1. The highest BCUT2D eigenvalue weighted by Gasteiger charge is 2.31. The van der Waals surface area contributed by atoms with Gasteiger partial charge in [-0.1, -0.05) is 6.07 Å². The predicted octanol–water partition coefficient (Wildman–Crippen LogP) is 4.09. The lowest BCUT2D eigenvalue weighted by Gasteiger charge is -2.35. The number of amides is 3. The summed E-state index contributed by atoms with van der Waals surface area (Å²) in [6.07, 6.45) is -0.675. The lowest BCUT2D eigenvalue weighted by molar-refractivity contribution is 0.0374. The summed E-state index contributed by atoms with van der Waals surface area (Å²) in [6.45, 7) is 1.78. The Kier molecular flexibility index (Phi) is 6.57. The van der Waals surface area contributed by atoms with E-state index in [1.54, 1.807) is 16.0 Å². The van der Waals surface area contributed by atoms with Crippen molar-refractivity contribution in [3.05, 3.63) is 36.0 Å². The van der Waals surface area contributed by atoms with Crippen LogP contribution in [0.2, 0.25) is 0 Å². The molecule has 2 aliphatic heterocycles. The van der Waals surface area contributed by atoms with E-state index in [4.69, 9.17) is 4.74 Å². The Morgan fingerprint density at radius 2 is 1.97 bits per heavy atom. The molecule has 3 amide bonds. The molecule has 0 atom stereocenters. The first-order valence-corrected chi connectivity index (χ1v) is 11.7. The Bertz CT molecular complexity index is 1270. The predicted molar refractivity (Wildman–Crippen MR) is 127 cm³/mol. The number of piperidine rings is 1. The number of aromatic amines is 1. The molecule has 0 bridgehead atoms. The monoisotopic (exact) mass is 500 g/mol. The molecule has 0 radical (unpaired) electrons. The third-order valence-corrected chi connectivity index (χ3v) is 6.55. The third kappa shape index (κ3) is 4.88. The van der Waals surface area contributed by atoms with Gasteiger partial charge in [0.1, 0.15) is 12.4 Å². The highest BCUT2D eigenvalue weighted by Crippen LogP contribution is 2.31. The number of aromatic nitrogens is 3. The molecule has 10 nitrogen and oxygen atoms in total. The van der Waals surface area contributed by atoms with Crippen LogP contribution in [0, 0.1) is 5.92 Å².